The molecule has 0 amide bonds. The molecule has 60 valence electrons. The molecule has 10 heavy (non-hydrogen) atoms. The molecule has 0 radical (unpaired) electrons. The molecular weight excluding hydrogens is 130 g/mol. The van der Waals surface area contributed by atoms with Crippen molar-refractivity contribution < 1.29 is 0 Å². The Bertz CT molecular complexity index is 100. The van der Waals surface area contributed by atoms with Crippen LogP contribution in [0.1, 0.15) is 19.3 Å². The molecule has 0 spiro atoms. The summed E-state index contributed by atoms with van der Waals surface area (Å²) in [6.07, 6.45) is 2.71. The van der Waals surface area contributed by atoms with Gasteiger partial charge in [-0.25, -0.2) is 5.84 Å². The topological polar surface area (TPSA) is 102 Å². The number of hydrazine groups is 1. The summed E-state index contributed by atoms with van der Waals surface area (Å²) in [6, 6.07) is 0. The first kappa shape index (κ1) is 9.19. The highest BCUT2D eigenvalue weighted by molar-refractivity contribution is 5.81. The summed E-state index contributed by atoms with van der Waals surface area (Å²) in [6.45, 7) is 0.697. The van der Waals surface area contributed by atoms with Crippen LogP contribution in [0.5, 0.6) is 0 Å². The predicted octanol–water partition coefficient (Wildman–Crippen LogP) is -1.15. The minimum absolute atomic E-state index is 0.619. The second kappa shape index (κ2) is 6.31. The van der Waals surface area contributed by atoms with Gasteiger partial charge in [-0.3, -0.25) is 0 Å². The zero-order valence-electron chi connectivity index (χ0n) is 6.01. The van der Waals surface area contributed by atoms with E-state index in [0.29, 0.717) is 12.4 Å². The zero-order valence-corrected chi connectivity index (χ0v) is 6.01. The number of nitrogens with two attached hydrogens (primary N) is 3. The van der Waals surface area contributed by atoms with E-state index in [1.807, 2.05) is 0 Å². The van der Waals surface area contributed by atoms with Crippen LogP contribution in [0.3, 0.4) is 0 Å². The molecule has 7 N–H and O–H groups in total. The van der Waals surface area contributed by atoms with Crippen LogP contribution in [0.25, 0.3) is 0 Å². The SMILES string of the molecule is NCCCC/C(=N/N)NN. The Labute approximate surface area is 60.6 Å². The van der Waals surface area contributed by atoms with Crippen LogP contribution in [0, 0.1) is 0 Å². The van der Waals surface area contributed by atoms with Crippen molar-refractivity contribution >= 4 is 5.84 Å². The fourth-order valence-electron chi connectivity index (χ4n) is 0.611. The first-order chi connectivity index (χ1) is 4.85. The number of amidine groups is 1. The summed E-state index contributed by atoms with van der Waals surface area (Å²) in [7, 11) is 0. The summed E-state index contributed by atoms with van der Waals surface area (Å²) in [4.78, 5) is 0. The monoisotopic (exact) mass is 145 g/mol. The van der Waals surface area contributed by atoms with Gasteiger partial charge in [-0.2, -0.15) is 5.10 Å². The lowest BCUT2D eigenvalue weighted by atomic mass is 10.2. The van der Waals surface area contributed by atoms with Crippen LogP contribution in [-0.2, 0) is 0 Å². The Kier molecular flexibility index (Phi) is 5.80. The number of hydrazone groups is 1. The van der Waals surface area contributed by atoms with Crippen LogP contribution in [0.15, 0.2) is 5.10 Å². The van der Waals surface area contributed by atoms with Crippen molar-refractivity contribution in [2.75, 3.05) is 6.54 Å². The van der Waals surface area contributed by atoms with Gasteiger partial charge in [-0.1, -0.05) is 0 Å². The molecule has 0 aliphatic heterocycles. The molecule has 0 saturated heterocycles. The third-order valence-electron chi connectivity index (χ3n) is 1.19. The summed E-state index contributed by atoms with van der Waals surface area (Å²) in [5.74, 6) is 10.7. The van der Waals surface area contributed by atoms with E-state index in [1.54, 1.807) is 0 Å². The van der Waals surface area contributed by atoms with Crippen molar-refractivity contribution in [1.82, 2.24) is 5.43 Å². The van der Waals surface area contributed by atoms with Crippen molar-refractivity contribution in [3.05, 3.63) is 0 Å². The van der Waals surface area contributed by atoms with Crippen molar-refractivity contribution in [2.24, 2.45) is 22.5 Å². The minimum atomic E-state index is 0.619. The smallest absolute Gasteiger partial charge is 0.135 e. The lowest BCUT2D eigenvalue weighted by Crippen LogP contribution is -2.31. The third-order valence-corrected chi connectivity index (χ3v) is 1.19. The summed E-state index contributed by atoms with van der Waals surface area (Å²) in [5.41, 5.74) is 7.67. The van der Waals surface area contributed by atoms with Crippen LogP contribution < -0.4 is 22.8 Å². The van der Waals surface area contributed by atoms with E-state index < -0.39 is 0 Å². The van der Waals surface area contributed by atoms with Crippen molar-refractivity contribution in [3.63, 3.8) is 0 Å². The standard InChI is InChI=1S/C5H15N5/c6-4-2-1-3-5(9-7)10-8/h1-4,6-8H2,(H,9,10). The number of unbranched alkanes of at least 4 members (excludes halogenated alkanes) is 1. The van der Waals surface area contributed by atoms with Gasteiger partial charge in [0.25, 0.3) is 0 Å². The lowest BCUT2D eigenvalue weighted by molar-refractivity contribution is 0.755. The minimum Gasteiger partial charge on any atom is -0.330 e. The molecule has 0 aromatic carbocycles. The average molecular weight is 145 g/mol. The molecule has 0 aromatic rings. The van der Waals surface area contributed by atoms with Crippen LogP contribution in [0.4, 0.5) is 0 Å². The fourth-order valence-corrected chi connectivity index (χ4v) is 0.611. The van der Waals surface area contributed by atoms with E-state index in [2.05, 4.69) is 10.5 Å². The van der Waals surface area contributed by atoms with Crippen molar-refractivity contribution in [1.29, 1.82) is 0 Å². The van der Waals surface area contributed by atoms with Gasteiger partial charge >= 0.3 is 0 Å². The first-order valence-corrected chi connectivity index (χ1v) is 3.28. The Morgan fingerprint density at radius 1 is 1.40 bits per heavy atom. The molecule has 0 fully saturated rings. The highest BCUT2D eigenvalue weighted by Gasteiger charge is 1.93. The molecule has 0 heterocycles. The van der Waals surface area contributed by atoms with Gasteiger partial charge < -0.3 is 17.0 Å². The number of rotatable bonds is 4. The van der Waals surface area contributed by atoms with E-state index in [4.69, 9.17) is 17.4 Å². The summed E-state index contributed by atoms with van der Waals surface area (Å²) < 4.78 is 0. The maximum Gasteiger partial charge on any atom is 0.135 e. The molecule has 0 saturated carbocycles. The van der Waals surface area contributed by atoms with Crippen LogP contribution >= 0.6 is 0 Å². The average Bonchev–Trinajstić information content (AvgIpc) is 1.99. The highest BCUT2D eigenvalue weighted by Crippen LogP contribution is 1.92. The molecule has 0 rings (SSSR count). The Morgan fingerprint density at radius 2 is 2.10 bits per heavy atom. The molecule has 0 aromatic heterocycles. The van der Waals surface area contributed by atoms with E-state index in [-0.39, 0.29) is 0 Å². The van der Waals surface area contributed by atoms with Crippen LogP contribution in [-0.4, -0.2) is 12.4 Å². The van der Waals surface area contributed by atoms with Gasteiger partial charge in [0.2, 0.25) is 0 Å². The Hall–Kier alpha value is -0.810. The lowest BCUT2D eigenvalue weighted by Gasteiger charge is -2.01. The summed E-state index contributed by atoms with van der Waals surface area (Å²) >= 11 is 0. The van der Waals surface area contributed by atoms with Crippen LogP contribution in [0.2, 0.25) is 0 Å². The molecular formula is C5H15N5. The van der Waals surface area contributed by atoms with Gasteiger partial charge in [0.15, 0.2) is 0 Å². The number of nitrogens with one attached hydrogen (secondary N) is 1. The van der Waals surface area contributed by atoms with E-state index in [1.165, 1.54) is 0 Å². The second-order valence-corrected chi connectivity index (χ2v) is 1.97. The molecule has 5 nitrogen and oxygen atoms in total. The quantitative estimate of drug-likeness (QED) is 0.132. The molecule has 0 unspecified atom stereocenters. The van der Waals surface area contributed by atoms with Crippen molar-refractivity contribution in [2.45, 2.75) is 19.3 Å². The molecule has 0 aliphatic rings. The van der Waals surface area contributed by atoms with Gasteiger partial charge in [0, 0.05) is 6.42 Å². The van der Waals surface area contributed by atoms with Gasteiger partial charge in [0.05, 0.1) is 0 Å². The summed E-state index contributed by atoms with van der Waals surface area (Å²) in [5, 5.41) is 3.42. The van der Waals surface area contributed by atoms with Gasteiger partial charge in [-0.05, 0) is 19.4 Å². The molecule has 5 heteroatoms. The van der Waals surface area contributed by atoms with Crippen molar-refractivity contribution in [3.8, 4) is 0 Å². The maximum atomic E-state index is 5.27. The van der Waals surface area contributed by atoms with E-state index >= 15 is 0 Å². The molecule has 0 atom stereocenters. The number of nitrogens with zero attached hydrogens (tertiary/aromatic N) is 1. The second-order valence-electron chi connectivity index (χ2n) is 1.97. The largest absolute Gasteiger partial charge is 0.330 e. The first-order valence-electron chi connectivity index (χ1n) is 3.28. The van der Waals surface area contributed by atoms with E-state index in [9.17, 15) is 0 Å². The fraction of sp³-hybridized carbons (Fsp3) is 0.800. The Balaban J connectivity index is 3.27. The highest BCUT2D eigenvalue weighted by atomic mass is 15.3. The third kappa shape index (κ3) is 4.11. The molecule has 0 aliphatic carbocycles. The van der Waals surface area contributed by atoms with Gasteiger partial charge in [0.1, 0.15) is 5.84 Å². The molecule has 0 bridgehead atoms. The predicted molar refractivity (Wildman–Crippen MR) is 41.9 cm³/mol. The number of hydrogen-bond donors (Lipinski definition) is 4. The maximum absolute atomic E-state index is 5.27. The Morgan fingerprint density at radius 3 is 2.50 bits per heavy atom. The number of hydrogen-bond acceptors (Lipinski definition) is 4. The van der Waals surface area contributed by atoms with Gasteiger partial charge in [-0.15, -0.1) is 0 Å². The zero-order chi connectivity index (χ0) is 7.82. The normalized spacial score (nSPS) is 11.6. The van der Waals surface area contributed by atoms with E-state index in [0.717, 1.165) is 19.3 Å².